The Morgan fingerprint density at radius 3 is 2.52 bits per heavy atom. The molecule has 118 valence electrons. The van der Waals surface area contributed by atoms with Crippen LogP contribution in [0.15, 0.2) is 29.2 Å². The molecule has 1 saturated carbocycles. The molecule has 1 fully saturated rings. The van der Waals surface area contributed by atoms with Crippen LogP contribution in [-0.2, 0) is 10.0 Å². The third kappa shape index (κ3) is 3.63. The summed E-state index contributed by atoms with van der Waals surface area (Å²) in [5.41, 5.74) is -0.354. The fourth-order valence-electron chi connectivity index (χ4n) is 2.81. The molecule has 0 saturated heterocycles. The molecule has 0 heterocycles. The van der Waals surface area contributed by atoms with Gasteiger partial charge in [0, 0.05) is 13.6 Å². The summed E-state index contributed by atoms with van der Waals surface area (Å²) in [5.74, 6) is 0. The van der Waals surface area contributed by atoms with E-state index in [1.807, 2.05) is 0 Å². The standard InChI is InChI=1S/C15H23NO4S/c1-12(17)13-6-5-7-14(10-13)21(19,20)16(2)11-15(18)8-3-4-9-15/h5-7,10,12,17-18H,3-4,8-9,11H2,1-2H3. The van der Waals surface area contributed by atoms with Gasteiger partial charge in [0.05, 0.1) is 16.6 Å². The van der Waals surface area contributed by atoms with E-state index in [-0.39, 0.29) is 11.4 Å². The summed E-state index contributed by atoms with van der Waals surface area (Å²) >= 11 is 0. The van der Waals surface area contributed by atoms with Crippen molar-refractivity contribution in [2.45, 2.75) is 49.2 Å². The summed E-state index contributed by atoms with van der Waals surface area (Å²) in [6.07, 6.45) is 2.43. The van der Waals surface area contributed by atoms with Gasteiger partial charge in [-0.1, -0.05) is 25.0 Å². The van der Waals surface area contributed by atoms with Crippen molar-refractivity contribution < 1.29 is 18.6 Å². The van der Waals surface area contributed by atoms with Crippen LogP contribution in [0.2, 0.25) is 0 Å². The summed E-state index contributed by atoms with van der Waals surface area (Å²) in [7, 11) is -2.17. The summed E-state index contributed by atoms with van der Waals surface area (Å²) < 4.78 is 26.3. The lowest BCUT2D eigenvalue weighted by Gasteiger charge is -2.28. The van der Waals surface area contributed by atoms with Gasteiger partial charge >= 0.3 is 0 Å². The molecule has 2 rings (SSSR count). The van der Waals surface area contributed by atoms with Crippen molar-refractivity contribution in [1.82, 2.24) is 4.31 Å². The molecule has 0 aromatic heterocycles. The van der Waals surface area contributed by atoms with E-state index in [0.29, 0.717) is 18.4 Å². The Hall–Kier alpha value is -0.950. The van der Waals surface area contributed by atoms with Gasteiger partial charge in [-0.05, 0) is 37.5 Å². The predicted octanol–water partition coefficient (Wildman–Crippen LogP) is 1.67. The van der Waals surface area contributed by atoms with E-state index in [4.69, 9.17) is 0 Å². The minimum atomic E-state index is -3.66. The third-order valence-electron chi connectivity index (χ3n) is 4.10. The Kier molecular flexibility index (Phi) is 4.72. The van der Waals surface area contributed by atoms with Crippen molar-refractivity contribution in [1.29, 1.82) is 0 Å². The normalized spacial score (nSPS) is 19.9. The monoisotopic (exact) mass is 313 g/mol. The zero-order chi connectivity index (χ0) is 15.7. The van der Waals surface area contributed by atoms with E-state index in [9.17, 15) is 18.6 Å². The third-order valence-corrected chi connectivity index (χ3v) is 5.90. The number of likely N-dealkylation sites (N-methyl/N-ethyl adjacent to an activating group) is 1. The maximum absolute atomic E-state index is 12.6. The molecule has 2 N–H and O–H groups in total. The minimum Gasteiger partial charge on any atom is -0.389 e. The number of sulfonamides is 1. The van der Waals surface area contributed by atoms with Gasteiger partial charge in [-0.3, -0.25) is 0 Å². The molecule has 1 aliphatic carbocycles. The van der Waals surface area contributed by atoms with E-state index >= 15 is 0 Å². The lowest BCUT2D eigenvalue weighted by Crippen LogP contribution is -2.42. The molecule has 1 atom stereocenters. The van der Waals surface area contributed by atoms with Gasteiger partial charge in [0.2, 0.25) is 10.0 Å². The van der Waals surface area contributed by atoms with E-state index < -0.39 is 21.7 Å². The zero-order valence-electron chi connectivity index (χ0n) is 12.5. The van der Waals surface area contributed by atoms with Crippen LogP contribution in [-0.4, -0.2) is 42.1 Å². The molecule has 1 aromatic carbocycles. The molecular weight excluding hydrogens is 290 g/mol. The SMILES string of the molecule is CC(O)c1cccc(S(=O)(=O)N(C)CC2(O)CCCC2)c1. The number of hydrogen-bond acceptors (Lipinski definition) is 4. The second-order valence-electron chi connectivity index (χ2n) is 5.94. The number of aliphatic hydroxyl groups is 2. The van der Waals surface area contributed by atoms with Crippen LogP contribution in [0.25, 0.3) is 0 Å². The highest BCUT2D eigenvalue weighted by atomic mass is 32.2. The van der Waals surface area contributed by atoms with Crippen molar-refractivity contribution in [2.24, 2.45) is 0 Å². The largest absolute Gasteiger partial charge is 0.389 e. The highest BCUT2D eigenvalue weighted by Gasteiger charge is 2.35. The Balaban J connectivity index is 2.22. The first-order chi connectivity index (χ1) is 9.74. The highest BCUT2D eigenvalue weighted by molar-refractivity contribution is 7.89. The number of aliphatic hydroxyl groups excluding tert-OH is 1. The van der Waals surface area contributed by atoms with E-state index in [2.05, 4.69) is 0 Å². The number of rotatable bonds is 5. The average Bonchev–Trinajstić information content (AvgIpc) is 2.85. The molecule has 0 aliphatic heterocycles. The second-order valence-corrected chi connectivity index (χ2v) is 7.99. The fourth-order valence-corrected chi connectivity index (χ4v) is 4.11. The highest BCUT2D eigenvalue weighted by Crippen LogP contribution is 2.31. The molecule has 0 bridgehead atoms. The summed E-state index contributed by atoms with van der Waals surface area (Å²) in [6, 6.07) is 6.30. The Morgan fingerprint density at radius 2 is 1.95 bits per heavy atom. The first-order valence-corrected chi connectivity index (χ1v) is 8.65. The number of nitrogens with zero attached hydrogens (tertiary/aromatic N) is 1. The van der Waals surface area contributed by atoms with Crippen molar-refractivity contribution in [2.75, 3.05) is 13.6 Å². The van der Waals surface area contributed by atoms with E-state index in [1.165, 1.54) is 23.5 Å². The molecule has 1 aromatic rings. The van der Waals surface area contributed by atoms with Crippen molar-refractivity contribution in [3.63, 3.8) is 0 Å². The Morgan fingerprint density at radius 1 is 1.33 bits per heavy atom. The van der Waals surface area contributed by atoms with E-state index in [0.717, 1.165) is 12.8 Å². The average molecular weight is 313 g/mol. The van der Waals surface area contributed by atoms with Gasteiger partial charge in [0.25, 0.3) is 0 Å². The molecule has 6 heteroatoms. The second kappa shape index (κ2) is 6.04. The first-order valence-electron chi connectivity index (χ1n) is 7.21. The summed E-state index contributed by atoms with van der Waals surface area (Å²) in [5, 5.41) is 19.9. The number of benzene rings is 1. The van der Waals surface area contributed by atoms with Gasteiger partial charge in [-0.2, -0.15) is 4.31 Å². The quantitative estimate of drug-likeness (QED) is 0.867. The molecule has 1 unspecified atom stereocenters. The minimum absolute atomic E-state index is 0.105. The van der Waals surface area contributed by atoms with Crippen molar-refractivity contribution in [3.8, 4) is 0 Å². The van der Waals surface area contributed by atoms with E-state index in [1.54, 1.807) is 19.1 Å². The molecule has 5 nitrogen and oxygen atoms in total. The predicted molar refractivity (Wildman–Crippen MR) is 80.3 cm³/mol. The lowest BCUT2D eigenvalue weighted by molar-refractivity contribution is 0.0333. The van der Waals surface area contributed by atoms with Crippen LogP contribution < -0.4 is 0 Å². The maximum atomic E-state index is 12.6. The molecule has 0 radical (unpaired) electrons. The van der Waals surface area contributed by atoms with Crippen LogP contribution >= 0.6 is 0 Å². The zero-order valence-corrected chi connectivity index (χ0v) is 13.3. The Labute approximate surface area is 126 Å². The van der Waals surface area contributed by atoms with Crippen LogP contribution in [0.4, 0.5) is 0 Å². The Bertz CT molecular complexity index is 591. The maximum Gasteiger partial charge on any atom is 0.242 e. The van der Waals surface area contributed by atoms with Gasteiger partial charge in [0.1, 0.15) is 0 Å². The van der Waals surface area contributed by atoms with Crippen LogP contribution in [0, 0.1) is 0 Å². The van der Waals surface area contributed by atoms with Crippen LogP contribution in [0.1, 0.15) is 44.3 Å². The van der Waals surface area contributed by atoms with Crippen LogP contribution in [0.3, 0.4) is 0 Å². The lowest BCUT2D eigenvalue weighted by atomic mass is 10.0. The van der Waals surface area contributed by atoms with Gasteiger partial charge in [0.15, 0.2) is 0 Å². The van der Waals surface area contributed by atoms with Gasteiger partial charge in [-0.25, -0.2) is 8.42 Å². The molecule has 1 aliphatic rings. The summed E-state index contributed by atoms with van der Waals surface area (Å²) in [6.45, 7) is 1.70. The summed E-state index contributed by atoms with van der Waals surface area (Å²) in [4.78, 5) is 0.144. The molecule has 0 amide bonds. The van der Waals surface area contributed by atoms with Crippen molar-refractivity contribution in [3.05, 3.63) is 29.8 Å². The molecule has 21 heavy (non-hydrogen) atoms. The topological polar surface area (TPSA) is 77.8 Å². The smallest absolute Gasteiger partial charge is 0.242 e. The molecule has 0 spiro atoms. The van der Waals surface area contributed by atoms with Crippen LogP contribution in [0.5, 0.6) is 0 Å². The van der Waals surface area contributed by atoms with Crippen molar-refractivity contribution >= 4 is 10.0 Å². The number of hydrogen-bond donors (Lipinski definition) is 2. The molecular formula is C15H23NO4S. The van der Waals surface area contributed by atoms with Gasteiger partial charge in [-0.15, -0.1) is 0 Å². The van der Waals surface area contributed by atoms with Gasteiger partial charge < -0.3 is 10.2 Å². The fraction of sp³-hybridized carbons (Fsp3) is 0.600. The first kappa shape index (κ1) is 16.4.